The van der Waals surface area contributed by atoms with Crippen LogP contribution < -0.4 is 0 Å². The minimum absolute atomic E-state index is 0.402. The second-order valence-electron chi connectivity index (χ2n) is 2.98. The van der Waals surface area contributed by atoms with E-state index >= 15 is 0 Å². The molecule has 0 N–H and O–H groups in total. The molecule has 1 aliphatic rings. The summed E-state index contributed by atoms with van der Waals surface area (Å²) in [6, 6.07) is 1.98. The van der Waals surface area contributed by atoms with Crippen LogP contribution in [0.25, 0.3) is 0 Å². The van der Waals surface area contributed by atoms with Gasteiger partial charge in [-0.1, -0.05) is 11.6 Å². The molecule has 2 nitrogen and oxygen atoms in total. The van der Waals surface area contributed by atoms with Crippen LogP contribution in [0.3, 0.4) is 0 Å². The zero-order valence-corrected chi connectivity index (χ0v) is 8.53. The molecular weight excluding hydrogens is 209 g/mol. The lowest BCUT2D eigenvalue weighted by atomic mass is 10.1. The first kappa shape index (κ1) is 9.25. The molecule has 0 unspecified atom stereocenters. The van der Waals surface area contributed by atoms with Crippen LogP contribution in [0.1, 0.15) is 16.8 Å². The van der Waals surface area contributed by atoms with Crippen molar-refractivity contribution < 1.29 is 4.74 Å². The first-order valence-electron chi connectivity index (χ1n) is 4.12. The Morgan fingerprint density at radius 3 is 3.15 bits per heavy atom. The molecule has 0 fully saturated rings. The first-order valence-corrected chi connectivity index (χ1v) is 5.03. The minimum atomic E-state index is 0.402. The third kappa shape index (κ3) is 1.80. The fraction of sp³-hybridized carbons (Fsp3) is 0.444. The molecule has 0 aromatic carbocycles. The van der Waals surface area contributed by atoms with Gasteiger partial charge in [-0.15, -0.1) is 11.6 Å². The highest BCUT2D eigenvalue weighted by atomic mass is 35.5. The molecule has 13 heavy (non-hydrogen) atoms. The third-order valence-electron chi connectivity index (χ3n) is 2.10. The molecule has 1 aromatic rings. The van der Waals surface area contributed by atoms with Crippen molar-refractivity contribution in [1.29, 1.82) is 0 Å². The summed E-state index contributed by atoms with van der Waals surface area (Å²) in [7, 11) is 0. The Labute approximate surface area is 86.8 Å². The lowest BCUT2D eigenvalue weighted by molar-refractivity contribution is 0.109. The number of hydrogen-bond acceptors (Lipinski definition) is 2. The third-order valence-corrected chi connectivity index (χ3v) is 2.72. The first-order chi connectivity index (χ1) is 6.31. The average molecular weight is 218 g/mol. The van der Waals surface area contributed by atoms with Gasteiger partial charge in [-0.2, -0.15) is 0 Å². The van der Waals surface area contributed by atoms with Gasteiger partial charge in [0.1, 0.15) is 5.15 Å². The molecule has 0 atom stereocenters. The molecule has 0 saturated carbocycles. The van der Waals surface area contributed by atoms with Crippen LogP contribution in [0, 0.1) is 0 Å². The lowest BCUT2D eigenvalue weighted by Gasteiger charge is -2.16. The zero-order chi connectivity index (χ0) is 9.26. The van der Waals surface area contributed by atoms with Crippen molar-refractivity contribution in [1.82, 2.24) is 4.98 Å². The Hall–Kier alpha value is -0.310. The standard InChI is InChI=1S/C9H9Cl2NO/c10-4-6-3-7-5-13-2-1-8(7)12-9(6)11/h3H,1-2,4-5H2. The van der Waals surface area contributed by atoms with E-state index in [0.29, 0.717) is 17.6 Å². The summed E-state index contributed by atoms with van der Waals surface area (Å²) in [5, 5.41) is 0.524. The highest BCUT2D eigenvalue weighted by molar-refractivity contribution is 6.31. The van der Waals surface area contributed by atoms with Gasteiger partial charge in [0.25, 0.3) is 0 Å². The summed E-state index contributed by atoms with van der Waals surface area (Å²) in [5.41, 5.74) is 3.05. The Morgan fingerprint density at radius 1 is 1.54 bits per heavy atom. The van der Waals surface area contributed by atoms with E-state index < -0.39 is 0 Å². The molecule has 0 spiro atoms. The van der Waals surface area contributed by atoms with Gasteiger partial charge >= 0.3 is 0 Å². The summed E-state index contributed by atoms with van der Waals surface area (Å²) >= 11 is 11.6. The number of halogens is 2. The normalized spacial score (nSPS) is 15.5. The van der Waals surface area contributed by atoms with E-state index in [4.69, 9.17) is 27.9 Å². The number of nitrogens with zero attached hydrogens (tertiary/aromatic N) is 1. The molecule has 1 aliphatic heterocycles. The Kier molecular flexibility index (Phi) is 2.72. The number of rotatable bonds is 1. The van der Waals surface area contributed by atoms with Crippen LogP contribution in [0.2, 0.25) is 5.15 Å². The van der Waals surface area contributed by atoms with E-state index in [0.717, 1.165) is 29.8 Å². The van der Waals surface area contributed by atoms with Crippen LogP contribution >= 0.6 is 23.2 Å². The number of aromatic nitrogens is 1. The predicted octanol–water partition coefficient (Wildman–Crippen LogP) is 2.55. The van der Waals surface area contributed by atoms with Gasteiger partial charge in [-0.05, 0) is 11.6 Å². The largest absolute Gasteiger partial charge is 0.376 e. The molecule has 1 aromatic heterocycles. The highest BCUT2D eigenvalue weighted by Gasteiger charge is 2.13. The molecular formula is C9H9Cl2NO. The van der Waals surface area contributed by atoms with E-state index in [-0.39, 0.29) is 0 Å². The van der Waals surface area contributed by atoms with Crippen LogP contribution in [0.4, 0.5) is 0 Å². The van der Waals surface area contributed by atoms with Gasteiger partial charge in [0.15, 0.2) is 0 Å². The summed E-state index contributed by atoms with van der Waals surface area (Å²) in [6.45, 7) is 1.36. The molecule has 2 rings (SSSR count). The van der Waals surface area contributed by atoms with Crippen LogP contribution in [-0.4, -0.2) is 11.6 Å². The monoisotopic (exact) mass is 217 g/mol. The highest BCUT2D eigenvalue weighted by Crippen LogP contribution is 2.22. The molecule has 0 aliphatic carbocycles. The van der Waals surface area contributed by atoms with E-state index in [1.165, 1.54) is 0 Å². The zero-order valence-electron chi connectivity index (χ0n) is 7.02. The van der Waals surface area contributed by atoms with Gasteiger partial charge < -0.3 is 4.74 Å². The Morgan fingerprint density at radius 2 is 2.38 bits per heavy atom. The fourth-order valence-electron chi connectivity index (χ4n) is 1.40. The van der Waals surface area contributed by atoms with Crippen molar-refractivity contribution in [3.8, 4) is 0 Å². The maximum atomic E-state index is 5.92. The van der Waals surface area contributed by atoms with Gasteiger partial charge in [0, 0.05) is 17.7 Å². The smallest absolute Gasteiger partial charge is 0.133 e. The van der Waals surface area contributed by atoms with E-state index in [1.807, 2.05) is 6.07 Å². The van der Waals surface area contributed by atoms with E-state index in [1.54, 1.807) is 0 Å². The molecule has 0 amide bonds. The van der Waals surface area contributed by atoms with Crippen molar-refractivity contribution in [3.05, 3.63) is 28.0 Å². The van der Waals surface area contributed by atoms with Crippen molar-refractivity contribution in [2.75, 3.05) is 6.61 Å². The molecule has 70 valence electrons. The molecule has 0 radical (unpaired) electrons. The van der Waals surface area contributed by atoms with Gasteiger partial charge in [0.05, 0.1) is 19.1 Å². The van der Waals surface area contributed by atoms with Crippen LogP contribution in [0.15, 0.2) is 6.07 Å². The summed E-state index contributed by atoms with van der Waals surface area (Å²) in [4.78, 5) is 4.29. The SMILES string of the molecule is ClCc1cc2c(nc1Cl)CCOC2. The quantitative estimate of drug-likeness (QED) is 0.533. The number of hydrogen-bond donors (Lipinski definition) is 0. The summed E-state index contributed by atoms with van der Waals surface area (Å²) in [6.07, 6.45) is 0.845. The van der Waals surface area contributed by atoms with Crippen molar-refractivity contribution in [3.63, 3.8) is 0 Å². The minimum Gasteiger partial charge on any atom is -0.376 e. The van der Waals surface area contributed by atoms with Crippen molar-refractivity contribution in [2.24, 2.45) is 0 Å². The Balaban J connectivity index is 2.44. The van der Waals surface area contributed by atoms with Gasteiger partial charge in [0.2, 0.25) is 0 Å². The summed E-state index contributed by atoms with van der Waals surface area (Å²) < 4.78 is 5.31. The molecule has 4 heteroatoms. The van der Waals surface area contributed by atoms with Crippen LogP contribution in [0.5, 0.6) is 0 Å². The predicted molar refractivity (Wildman–Crippen MR) is 52.2 cm³/mol. The van der Waals surface area contributed by atoms with Crippen molar-refractivity contribution in [2.45, 2.75) is 18.9 Å². The van der Waals surface area contributed by atoms with E-state index in [2.05, 4.69) is 4.98 Å². The average Bonchev–Trinajstić information content (AvgIpc) is 2.17. The van der Waals surface area contributed by atoms with Gasteiger partial charge in [-0.25, -0.2) is 4.98 Å². The van der Waals surface area contributed by atoms with Gasteiger partial charge in [-0.3, -0.25) is 0 Å². The number of alkyl halides is 1. The number of ether oxygens (including phenoxy) is 1. The molecule has 0 saturated heterocycles. The maximum Gasteiger partial charge on any atom is 0.133 e. The maximum absolute atomic E-state index is 5.92. The lowest BCUT2D eigenvalue weighted by Crippen LogP contribution is -2.12. The van der Waals surface area contributed by atoms with E-state index in [9.17, 15) is 0 Å². The second kappa shape index (κ2) is 3.82. The topological polar surface area (TPSA) is 22.1 Å². The number of pyridine rings is 1. The summed E-state index contributed by atoms with van der Waals surface area (Å²) in [5.74, 6) is 0.402. The van der Waals surface area contributed by atoms with Crippen LogP contribution in [-0.2, 0) is 23.6 Å². The molecule has 0 bridgehead atoms. The molecule has 2 heterocycles. The Bertz CT molecular complexity index is 328. The fourth-order valence-corrected chi connectivity index (χ4v) is 1.90. The van der Waals surface area contributed by atoms with Crippen molar-refractivity contribution >= 4 is 23.2 Å². The second-order valence-corrected chi connectivity index (χ2v) is 3.61. The number of fused-ring (bicyclic) bond motifs is 1.